The van der Waals surface area contributed by atoms with Crippen LogP contribution in [-0.2, 0) is 6.42 Å². The van der Waals surface area contributed by atoms with Crippen molar-refractivity contribution in [3.05, 3.63) is 17.8 Å². The van der Waals surface area contributed by atoms with Crippen molar-refractivity contribution >= 4 is 0 Å². The van der Waals surface area contributed by atoms with Crippen molar-refractivity contribution in [2.75, 3.05) is 14.2 Å². The van der Waals surface area contributed by atoms with Crippen LogP contribution in [0.25, 0.3) is 0 Å². The summed E-state index contributed by atoms with van der Waals surface area (Å²) in [6.45, 7) is 1.98. The molecule has 0 spiro atoms. The van der Waals surface area contributed by atoms with Crippen LogP contribution in [0.3, 0.4) is 0 Å². The third-order valence-electron chi connectivity index (χ3n) is 2.24. The average Bonchev–Trinajstić information content (AvgIpc) is 2.25. The normalized spacial score (nSPS) is 12.3. The van der Waals surface area contributed by atoms with Crippen molar-refractivity contribution in [3.8, 4) is 11.6 Å². The van der Waals surface area contributed by atoms with E-state index in [1.165, 1.54) is 0 Å². The number of hydrogen-bond acceptors (Lipinski definition) is 4. The molecule has 0 amide bonds. The van der Waals surface area contributed by atoms with E-state index in [1.54, 1.807) is 20.4 Å². The second kappa shape index (κ2) is 5.56. The zero-order valence-corrected chi connectivity index (χ0v) is 9.49. The molecule has 1 atom stereocenters. The molecular formula is C11H18N2O2. The molecule has 0 unspecified atom stereocenters. The van der Waals surface area contributed by atoms with E-state index in [0.717, 1.165) is 24.2 Å². The topological polar surface area (TPSA) is 57.4 Å². The van der Waals surface area contributed by atoms with Crippen LogP contribution in [0.5, 0.6) is 11.6 Å². The summed E-state index contributed by atoms with van der Waals surface area (Å²) in [7, 11) is 3.25. The molecule has 4 nitrogen and oxygen atoms in total. The molecular weight excluding hydrogens is 192 g/mol. The molecule has 0 fully saturated rings. The predicted octanol–water partition coefficient (Wildman–Crippen LogP) is 1.38. The molecule has 0 aliphatic rings. The number of nitrogens with zero attached hydrogens (tertiary/aromatic N) is 1. The fourth-order valence-electron chi connectivity index (χ4n) is 1.43. The summed E-state index contributed by atoms with van der Waals surface area (Å²) in [5, 5.41) is 0. The maximum atomic E-state index is 5.72. The van der Waals surface area contributed by atoms with Gasteiger partial charge in [0.25, 0.3) is 0 Å². The van der Waals surface area contributed by atoms with Gasteiger partial charge in [-0.25, -0.2) is 4.98 Å². The van der Waals surface area contributed by atoms with Crippen molar-refractivity contribution < 1.29 is 9.47 Å². The van der Waals surface area contributed by atoms with Crippen LogP contribution < -0.4 is 15.2 Å². The second-order valence-electron chi connectivity index (χ2n) is 3.52. The van der Waals surface area contributed by atoms with E-state index >= 15 is 0 Å². The fraction of sp³-hybridized carbons (Fsp3) is 0.545. The minimum Gasteiger partial charge on any atom is -0.496 e. The highest BCUT2D eigenvalue weighted by atomic mass is 16.5. The van der Waals surface area contributed by atoms with Crippen LogP contribution in [0.4, 0.5) is 0 Å². The number of methoxy groups -OCH3 is 2. The van der Waals surface area contributed by atoms with Gasteiger partial charge in [-0.15, -0.1) is 0 Å². The van der Waals surface area contributed by atoms with Crippen LogP contribution in [0.2, 0.25) is 0 Å². The van der Waals surface area contributed by atoms with Gasteiger partial charge in [-0.2, -0.15) is 0 Å². The monoisotopic (exact) mass is 210 g/mol. The van der Waals surface area contributed by atoms with Crippen LogP contribution >= 0.6 is 0 Å². The Bertz CT molecular complexity index is 291. The molecule has 2 N–H and O–H groups in total. The molecule has 1 aromatic heterocycles. The first-order valence-corrected chi connectivity index (χ1v) is 5.00. The minimum absolute atomic E-state index is 0.166. The average molecular weight is 210 g/mol. The number of pyridine rings is 1. The summed E-state index contributed by atoms with van der Waals surface area (Å²) in [5.74, 6) is 1.43. The smallest absolute Gasteiger partial charge is 0.219 e. The molecule has 15 heavy (non-hydrogen) atoms. The number of ether oxygens (including phenoxy) is 2. The summed E-state index contributed by atoms with van der Waals surface area (Å²) in [6.07, 6.45) is 3.38. The lowest BCUT2D eigenvalue weighted by Gasteiger charge is -2.12. The second-order valence-corrected chi connectivity index (χ2v) is 3.52. The largest absolute Gasteiger partial charge is 0.496 e. The Labute approximate surface area is 90.4 Å². The molecule has 0 aliphatic heterocycles. The number of nitrogens with two attached hydrogens (primary N) is 1. The molecule has 1 rings (SSSR count). The van der Waals surface area contributed by atoms with E-state index in [0.29, 0.717) is 5.88 Å². The van der Waals surface area contributed by atoms with Gasteiger partial charge in [0.2, 0.25) is 5.88 Å². The van der Waals surface area contributed by atoms with Crippen LogP contribution in [0.1, 0.15) is 18.9 Å². The highest BCUT2D eigenvalue weighted by Crippen LogP contribution is 2.27. The summed E-state index contributed by atoms with van der Waals surface area (Å²) < 4.78 is 10.4. The fourth-order valence-corrected chi connectivity index (χ4v) is 1.43. The molecule has 0 saturated heterocycles. The summed E-state index contributed by atoms with van der Waals surface area (Å²) >= 11 is 0. The maximum Gasteiger partial charge on any atom is 0.219 e. The first-order chi connectivity index (χ1) is 7.19. The van der Waals surface area contributed by atoms with Gasteiger partial charge in [-0.3, -0.25) is 0 Å². The van der Waals surface area contributed by atoms with Crippen molar-refractivity contribution in [2.45, 2.75) is 25.8 Å². The molecule has 1 heterocycles. The quantitative estimate of drug-likeness (QED) is 0.797. The molecule has 0 radical (unpaired) electrons. The van der Waals surface area contributed by atoms with E-state index in [4.69, 9.17) is 15.2 Å². The molecule has 4 heteroatoms. The maximum absolute atomic E-state index is 5.72. The highest BCUT2D eigenvalue weighted by molar-refractivity contribution is 5.39. The summed E-state index contributed by atoms with van der Waals surface area (Å²) in [6, 6.07) is 2.00. The Morgan fingerprint density at radius 3 is 2.67 bits per heavy atom. The summed E-state index contributed by atoms with van der Waals surface area (Å²) in [4.78, 5) is 4.14. The Hall–Kier alpha value is -1.29. The Morgan fingerprint density at radius 2 is 2.13 bits per heavy atom. The van der Waals surface area contributed by atoms with Crippen LogP contribution in [0.15, 0.2) is 12.3 Å². The van der Waals surface area contributed by atoms with E-state index in [1.807, 2.05) is 13.0 Å². The molecule has 0 aromatic carbocycles. The number of hydrogen-bond donors (Lipinski definition) is 1. The summed E-state index contributed by atoms with van der Waals surface area (Å²) in [5.41, 5.74) is 6.71. The predicted molar refractivity (Wildman–Crippen MR) is 59.3 cm³/mol. The number of rotatable bonds is 5. The van der Waals surface area contributed by atoms with Gasteiger partial charge in [0, 0.05) is 12.2 Å². The molecule has 0 aliphatic carbocycles. The Balaban J connectivity index is 2.89. The zero-order valence-electron chi connectivity index (χ0n) is 9.49. The van der Waals surface area contributed by atoms with E-state index in [2.05, 4.69) is 4.98 Å². The molecule has 1 aromatic rings. The number of aromatic nitrogens is 1. The molecule has 0 bridgehead atoms. The van der Waals surface area contributed by atoms with Gasteiger partial charge >= 0.3 is 0 Å². The van der Waals surface area contributed by atoms with Crippen LogP contribution in [0, 0.1) is 0 Å². The zero-order chi connectivity index (χ0) is 11.3. The molecule has 0 saturated carbocycles. The molecule has 84 valence electrons. The van der Waals surface area contributed by atoms with Crippen molar-refractivity contribution in [1.82, 2.24) is 4.98 Å². The third-order valence-corrected chi connectivity index (χ3v) is 2.24. The van der Waals surface area contributed by atoms with Crippen molar-refractivity contribution in [1.29, 1.82) is 0 Å². The van der Waals surface area contributed by atoms with Crippen molar-refractivity contribution in [2.24, 2.45) is 5.73 Å². The Morgan fingerprint density at radius 1 is 1.40 bits per heavy atom. The van der Waals surface area contributed by atoms with Gasteiger partial charge in [-0.1, -0.05) is 0 Å². The SMILES string of the molecule is COc1ccnc(OC)c1CC[C@H](C)N. The van der Waals surface area contributed by atoms with Crippen molar-refractivity contribution in [3.63, 3.8) is 0 Å². The van der Waals surface area contributed by atoms with Gasteiger partial charge in [0.1, 0.15) is 5.75 Å². The van der Waals surface area contributed by atoms with E-state index < -0.39 is 0 Å². The van der Waals surface area contributed by atoms with Gasteiger partial charge in [0.15, 0.2) is 0 Å². The van der Waals surface area contributed by atoms with Gasteiger partial charge in [0.05, 0.1) is 19.8 Å². The highest BCUT2D eigenvalue weighted by Gasteiger charge is 2.11. The minimum atomic E-state index is 0.166. The first-order valence-electron chi connectivity index (χ1n) is 5.00. The Kier molecular flexibility index (Phi) is 4.37. The third kappa shape index (κ3) is 3.09. The standard InChI is InChI=1S/C11H18N2O2/c1-8(12)4-5-9-10(14-2)6-7-13-11(9)15-3/h6-8H,4-5,12H2,1-3H3/t8-/m0/s1. The van der Waals surface area contributed by atoms with Gasteiger partial charge < -0.3 is 15.2 Å². The first kappa shape index (κ1) is 11.8. The lowest BCUT2D eigenvalue weighted by Crippen LogP contribution is -2.16. The van der Waals surface area contributed by atoms with E-state index in [-0.39, 0.29) is 6.04 Å². The lowest BCUT2D eigenvalue weighted by molar-refractivity contribution is 0.371. The van der Waals surface area contributed by atoms with E-state index in [9.17, 15) is 0 Å². The van der Waals surface area contributed by atoms with Crippen LogP contribution in [-0.4, -0.2) is 25.2 Å². The van der Waals surface area contributed by atoms with Gasteiger partial charge in [-0.05, 0) is 25.8 Å². The lowest BCUT2D eigenvalue weighted by atomic mass is 10.1.